The molecule has 4 nitrogen and oxygen atoms in total. The molecule has 4 heteroatoms. The Morgan fingerprint density at radius 2 is 1.59 bits per heavy atom. The van der Waals surface area contributed by atoms with Crippen LogP contribution in [0, 0.1) is 17.3 Å². The Morgan fingerprint density at radius 3 is 1.82 bits per heavy atom. The predicted octanol–water partition coefficient (Wildman–Crippen LogP) is 2.71. The molecule has 0 aliphatic carbocycles. The summed E-state index contributed by atoms with van der Waals surface area (Å²) in [5.74, 6) is -1.89. The number of carboxylic acid groups (broad SMARTS) is 1. The standard InChI is InChI=1S/C13H24O4/c1-8(2)7-13(9(3)4,11(14)15)12(16)17-10(5)6/h8-10H,7H2,1-6H3,(H,14,15). The molecule has 0 bridgehead atoms. The van der Waals surface area contributed by atoms with E-state index in [4.69, 9.17) is 4.74 Å². The van der Waals surface area contributed by atoms with Crippen LogP contribution in [0.4, 0.5) is 0 Å². The van der Waals surface area contributed by atoms with Crippen molar-refractivity contribution in [2.45, 2.75) is 54.1 Å². The Hall–Kier alpha value is -1.06. The fourth-order valence-electron chi connectivity index (χ4n) is 1.94. The van der Waals surface area contributed by atoms with Crippen LogP contribution < -0.4 is 0 Å². The van der Waals surface area contributed by atoms with E-state index in [0.29, 0.717) is 6.42 Å². The summed E-state index contributed by atoms with van der Waals surface area (Å²) in [6.45, 7) is 10.8. The minimum absolute atomic E-state index is 0.119. The van der Waals surface area contributed by atoms with Gasteiger partial charge in [-0.3, -0.25) is 9.59 Å². The van der Waals surface area contributed by atoms with Gasteiger partial charge in [-0.25, -0.2) is 0 Å². The van der Waals surface area contributed by atoms with E-state index in [9.17, 15) is 14.7 Å². The number of aliphatic carboxylic acids is 1. The average Bonchev–Trinajstić information content (AvgIpc) is 2.10. The molecule has 17 heavy (non-hydrogen) atoms. The molecule has 0 aliphatic rings. The summed E-state index contributed by atoms with van der Waals surface area (Å²) >= 11 is 0. The first kappa shape index (κ1) is 15.9. The summed E-state index contributed by atoms with van der Waals surface area (Å²) < 4.78 is 5.12. The molecule has 0 radical (unpaired) electrons. The molecular weight excluding hydrogens is 220 g/mol. The van der Waals surface area contributed by atoms with Crippen LogP contribution in [-0.2, 0) is 14.3 Å². The number of hydrogen-bond acceptors (Lipinski definition) is 3. The van der Waals surface area contributed by atoms with Gasteiger partial charge in [0, 0.05) is 0 Å². The molecule has 100 valence electrons. The van der Waals surface area contributed by atoms with E-state index < -0.39 is 17.4 Å². The van der Waals surface area contributed by atoms with E-state index >= 15 is 0 Å². The van der Waals surface area contributed by atoms with Gasteiger partial charge in [0.25, 0.3) is 0 Å². The number of ether oxygens (including phenoxy) is 1. The van der Waals surface area contributed by atoms with Gasteiger partial charge in [0.1, 0.15) is 0 Å². The second-order valence-electron chi connectivity index (χ2n) is 5.48. The monoisotopic (exact) mass is 244 g/mol. The topological polar surface area (TPSA) is 63.6 Å². The van der Waals surface area contributed by atoms with Crippen molar-refractivity contribution < 1.29 is 19.4 Å². The highest BCUT2D eigenvalue weighted by molar-refractivity contribution is 5.99. The van der Waals surface area contributed by atoms with Gasteiger partial charge in [-0.15, -0.1) is 0 Å². The highest BCUT2D eigenvalue weighted by Crippen LogP contribution is 2.37. The van der Waals surface area contributed by atoms with Gasteiger partial charge < -0.3 is 9.84 Å². The van der Waals surface area contributed by atoms with Gasteiger partial charge in [0.15, 0.2) is 5.41 Å². The lowest BCUT2D eigenvalue weighted by atomic mass is 9.71. The maximum absolute atomic E-state index is 12.1. The van der Waals surface area contributed by atoms with Gasteiger partial charge in [-0.1, -0.05) is 27.7 Å². The SMILES string of the molecule is CC(C)CC(C(=O)O)(C(=O)OC(C)C)C(C)C. The number of rotatable bonds is 6. The largest absolute Gasteiger partial charge is 0.480 e. The summed E-state index contributed by atoms with van der Waals surface area (Å²) in [4.78, 5) is 23.6. The molecule has 0 fully saturated rings. The number of carboxylic acids is 1. The van der Waals surface area contributed by atoms with Crippen LogP contribution in [0.15, 0.2) is 0 Å². The normalized spacial score (nSPS) is 15.1. The number of hydrogen-bond donors (Lipinski definition) is 1. The molecule has 1 N–H and O–H groups in total. The third-order valence-corrected chi connectivity index (χ3v) is 2.80. The first-order valence-corrected chi connectivity index (χ1v) is 6.09. The molecule has 0 amide bonds. The van der Waals surface area contributed by atoms with Crippen LogP contribution in [-0.4, -0.2) is 23.1 Å². The molecule has 1 unspecified atom stereocenters. The summed E-state index contributed by atoms with van der Waals surface area (Å²) in [6, 6.07) is 0. The van der Waals surface area contributed by atoms with Crippen molar-refractivity contribution in [3.63, 3.8) is 0 Å². The van der Waals surface area contributed by atoms with Crippen LogP contribution in [0.25, 0.3) is 0 Å². The summed E-state index contributed by atoms with van der Waals surface area (Å²) in [7, 11) is 0. The zero-order valence-electron chi connectivity index (χ0n) is 11.6. The van der Waals surface area contributed by atoms with Crippen molar-refractivity contribution in [2.24, 2.45) is 17.3 Å². The smallest absolute Gasteiger partial charge is 0.324 e. The molecule has 0 rings (SSSR count). The Kier molecular flexibility index (Phi) is 5.66. The Bertz CT molecular complexity index is 281. The molecule has 0 heterocycles. The molecule has 0 saturated carbocycles. The molecular formula is C13H24O4. The zero-order valence-corrected chi connectivity index (χ0v) is 11.6. The minimum atomic E-state index is -1.43. The summed E-state index contributed by atoms with van der Waals surface area (Å²) in [5, 5.41) is 9.43. The van der Waals surface area contributed by atoms with Crippen LogP contribution >= 0.6 is 0 Å². The third kappa shape index (κ3) is 3.72. The summed E-state index contributed by atoms with van der Waals surface area (Å²) in [6.07, 6.45) is -0.00177. The quantitative estimate of drug-likeness (QED) is 0.576. The molecule has 0 spiro atoms. The van der Waals surface area contributed by atoms with Gasteiger partial charge >= 0.3 is 11.9 Å². The van der Waals surface area contributed by atoms with Crippen LogP contribution in [0.1, 0.15) is 48.0 Å². The van der Waals surface area contributed by atoms with Crippen LogP contribution in [0.5, 0.6) is 0 Å². The second kappa shape index (κ2) is 6.03. The van der Waals surface area contributed by atoms with Crippen LogP contribution in [0.3, 0.4) is 0 Å². The number of carbonyl (C=O) groups is 2. The van der Waals surface area contributed by atoms with E-state index in [1.165, 1.54) is 0 Å². The molecule has 0 saturated heterocycles. The van der Waals surface area contributed by atoms with E-state index in [1.807, 2.05) is 13.8 Å². The van der Waals surface area contributed by atoms with E-state index in [2.05, 4.69) is 0 Å². The van der Waals surface area contributed by atoms with Crippen molar-refractivity contribution in [1.82, 2.24) is 0 Å². The fraction of sp³-hybridized carbons (Fsp3) is 0.846. The van der Waals surface area contributed by atoms with Crippen molar-refractivity contribution in [3.8, 4) is 0 Å². The first-order chi connectivity index (χ1) is 7.64. The minimum Gasteiger partial charge on any atom is -0.480 e. The molecule has 0 aliphatic heterocycles. The van der Waals surface area contributed by atoms with Crippen molar-refractivity contribution in [1.29, 1.82) is 0 Å². The van der Waals surface area contributed by atoms with Crippen molar-refractivity contribution in [3.05, 3.63) is 0 Å². The first-order valence-electron chi connectivity index (χ1n) is 6.09. The van der Waals surface area contributed by atoms with Gasteiger partial charge in [0.05, 0.1) is 6.10 Å². The van der Waals surface area contributed by atoms with Crippen LogP contribution in [0.2, 0.25) is 0 Å². The van der Waals surface area contributed by atoms with Crippen molar-refractivity contribution in [2.75, 3.05) is 0 Å². The lowest BCUT2D eigenvalue weighted by Crippen LogP contribution is -2.46. The zero-order chi connectivity index (χ0) is 13.8. The van der Waals surface area contributed by atoms with Gasteiger partial charge in [0.2, 0.25) is 0 Å². The predicted molar refractivity (Wildman–Crippen MR) is 65.6 cm³/mol. The Morgan fingerprint density at radius 1 is 1.12 bits per heavy atom. The highest BCUT2D eigenvalue weighted by atomic mass is 16.5. The molecule has 0 aromatic heterocycles. The van der Waals surface area contributed by atoms with E-state index in [0.717, 1.165) is 0 Å². The Labute approximate surface area is 103 Å². The lowest BCUT2D eigenvalue weighted by molar-refractivity contribution is -0.176. The summed E-state index contributed by atoms with van der Waals surface area (Å²) in [5.41, 5.74) is -1.43. The molecule has 0 aromatic carbocycles. The second-order valence-corrected chi connectivity index (χ2v) is 5.48. The number of esters is 1. The fourth-order valence-corrected chi connectivity index (χ4v) is 1.94. The number of carbonyl (C=O) groups excluding carboxylic acids is 1. The lowest BCUT2D eigenvalue weighted by Gasteiger charge is -2.33. The van der Waals surface area contributed by atoms with Gasteiger partial charge in [-0.2, -0.15) is 0 Å². The molecule has 1 atom stereocenters. The maximum atomic E-state index is 12.1. The van der Waals surface area contributed by atoms with E-state index in [1.54, 1.807) is 27.7 Å². The third-order valence-electron chi connectivity index (χ3n) is 2.80. The average molecular weight is 244 g/mol. The maximum Gasteiger partial charge on any atom is 0.324 e. The van der Waals surface area contributed by atoms with Crippen molar-refractivity contribution >= 4 is 11.9 Å². The molecule has 0 aromatic rings. The van der Waals surface area contributed by atoms with Gasteiger partial charge in [-0.05, 0) is 32.1 Å². The van der Waals surface area contributed by atoms with E-state index in [-0.39, 0.29) is 17.9 Å². The highest BCUT2D eigenvalue weighted by Gasteiger charge is 2.50. The Balaban J connectivity index is 5.32.